The Bertz CT molecular complexity index is 572. The minimum Gasteiger partial charge on any atom is -0.326 e. The number of nitrogens with two attached hydrogens (primary N) is 1. The molecule has 0 bridgehead atoms. The van der Waals surface area contributed by atoms with Crippen LogP contribution in [0.1, 0.15) is 15.9 Å². The molecule has 2 aromatic rings. The SMILES string of the molecule is NCc1ccc(C(=O)Nc2n[nH]c(=S)s2)cc1. The van der Waals surface area contributed by atoms with Crippen molar-refractivity contribution in [2.45, 2.75) is 6.54 Å². The maximum absolute atomic E-state index is 11.8. The minimum atomic E-state index is -0.216. The van der Waals surface area contributed by atoms with Gasteiger partial charge in [-0.15, -0.1) is 5.10 Å². The number of nitrogens with zero attached hydrogens (tertiary/aromatic N) is 1. The van der Waals surface area contributed by atoms with Gasteiger partial charge >= 0.3 is 0 Å². The summed E-state index contributed by atoms with van der Waals surface area (Å²) in [6.45, 7) is 0.461. The van der Waals surface area contributed by atoms with Crippen molar-refractivity contribution in [3.05, 3.63) is 39.3 Å². The van der Waals surface area contributed by atoms with Crippen molar-refractivity contribution in [1.29, 1.82) is 0 Å². The van der Waals surface area contributed by atoms with Crippen molar-refractivity contribution in [2.24, 2.45) is 5.73 Å². The zero-order chi connectivity index (χ0) is 12.3. The van der Waals surface area contributed by atoms with E-state index in [0.717, 1.165) is 5.56 Å². The van der Waals surface area contributed by atoms with Crippen LogP contribution in [0.15, 0.2) is 24.3 Å². The number of hydrogen-bond acceptors (Lipinski definition) is 5. The third-order valence-corrected chi connectivity index (χ3v) is 3.12. The number of benzene rings is 1. The van der Waals surface area contributed by atoms with Gasteiger partial charge in [0.05, 0.1) is 0 Å². The average Bonchev–Trinajstić information content (AvgIpc) is 2.75. The molecule has 0 radical (unpaired) electrons. The van der Waals surface area contributed by atoms with Gasteiger partial charge in [-0.25, -0.2) is 0 Å². The second kappa shape index (κ2) is 5.17. The van der Waals surface area contributed by atoms with Crippen LogP contribution in [0.4, 0.5) is 5.13 Å². The van der Waals surface area contributed by atoms with Gasteiger partial charge in [0, 0.05) is 12.1 Å². The molecule has 88 valence electrons. The summed E-state index contributed by atoms with van der Waals surface area (Å²) >= 11 is 6.09. The highest BCUT2D eigenvalue weighted by Crippen LogP contribution is 2.13. The van der Waals surface area contributed by atoms with E-state index in [4.69, 9.17) is 18.0 Å². The predicted molar refractivity (Wildman–Crippen MR) is 69.6 cm³/mol. The maximum Gasteiger partial charge on any atom is 0.257 e. The van der Waals surface area contributed by atoms with Gasteiger partial charge in [0.1, 0.15) is 0 Å². The smallest absolute Gasteiger partial charge is 0.257 e. The molecule has 0 spiro atoms. The fourth-order valence-electron chi connectivity index (χ4n) is 1.24. The normalized spacial score (nSPS) is 10.2. The van der Waals surface area contributed by atoms with Crippen molar-refractivity contribution in [3.8, 4) is 0 Å². The van der Waals surface area contributed by atoms with Gasteiger partial charge in [-0.1, -0.05) is 23.5 Å². The first-order valence-corrected chi connectivity index (χ1v) is 6.07. The molecule has 2 rings (SSSR count). The Labute approximate surface area is 107 Å². The van der Waals surface area contributed by atoms with Gasteiger partial charge in [0.15, 0.2) is 3.95 Å². The molecular formula is C10H10N4OS2. The second-order valence-electron chi connectivity index (χ2n) is 3.27. The quantitative estimate of drug-likeness (QED) is 0.741. The number of H-pyrrole nitrogens is 1. The summed E-state index contributed by atoms with van der Waals surface area (Å²) in [5.41, 5.74) is 7.02. The predicted octanol–water partition coefficient (Wildman–Crippen LogP) is 1.91. The zero-order valence-electron chi connectivity index (χ0n) is 8.77. The summed E-state index contributed by atoms with van der Waals surface area (Å²) in [6.07, 6.45) is 0. The first kappa shape index (κ1) is 11.9. The molecule has 0 unspecified atom stereocenters. The van der Waals surface area contributed by atoms with Crippen LogP contribution in [0.25, 0.3) is 0 Å². The molecular weight excluding hydrogens is 256 g/mol. The third-order valence-electron chi connectivity index (χ3n) is 2.11. The van der Waals surface area contributed by atoms with E-state index in [2.05, 4.69) is 15.5 Å². The minimum absolute atomic E-state index is 0.216. The number of carbonyl (C=O) groups excluding carboxylic acids is 1. The topological polar surface area (TPSA) is 83.8 Å². The Morgan fingerprint density at radius 3 is 2.71 bits per heavy atom. The van der Waals surface area contributed by atoms with E-state index >= 15 is 0 Å². The first-order chi connectivity index (χ1) is 8.19. The van der Waals surface area contributed by atoms with Crippen LogP contribution in [0.5, 0.6) is 0 Å². The number of nitrogens with one attached hydrogen (secondary N) is 2. The lowest BCUT2D eigenvalue weighted by molar-refractivity contribution is 0.102. The Hall–Kier alpha value is -1.57. The average molecular weight is 266 g/mol. The highest BCUT2D eigenvalue weighted by molar-refractivity contribution is 7.73. The number of anilines is 1. The standard InChI is InChI=1S/C10H10N4OS2/c11-5-6-1-3-7(4-2-6)8(15)12-9-13-14-10(16)17-9/h1-4H,5,11H2,(H,14,16)(H,12,13,15). The number of rotatable bonds is 3. The van der Waals surface area contributed by atoms with Gasteiger partial charge in [-0.05, 0) is 29.9 Å². The van der Waals surface area contributed by atoms with Crippen LogP contribution in [-0.2, 0) is 6.54 Å². The Morgan fingerprint density at radius 1 is 1.47 bits per heavy atom. The van der Waals surface area contributed by atoms with Crippen LogP contribution in [-0.4, -0.2) is 16.1 Å². The van der Waals surface area contributed by atoms with Crippen LogP contribution < -0.4 is 11.1 Å². The van der Waals surface area contributed by atoms with E-state index < -0.39 is 0 Å². The van der Waals surface area contributed by atoms with E-state index in [1.165, 1.54) is 11.3 Å². The molecule has 7 heteroatoms. The van der Waals surface area contributed by atoms with Crippen molar-refractivity contribution in [3.63, 3.8) is 0 Å². The van der Waals surface area contributed by atoms with Crippen LogP contribution >= 0.6 is 23.6 Å². The van der Waals surface area contributed by atoms with Gasteiger partial charge in [0.2, 0.25) is 5.13 Å². The molecule has 1 aromatic carbocycles. The van der Waals surface area contributed by atoms with E-state index in [9.17, 15) is 4.79 Å². The Morgan fingerprint density at radius 2 is 2.18 bits per heavy atom. The number of aromatic nitrogens is 2. The first-order valence-electron chi connectivity index (χ1n) is 4.85. The number of hydrogen-bond donors (Lipinski definition) is 3. The van der Waals surface area contributed by atoms with Gasteiger partial charge in [0.25, 0.3) is 5.91 Å². The van der Waals surface area contributed by atoms with Gasteiger partial charge in [-0.2, -0.15) is 0 Å². The fourth-order valence-corrected chi connectivity index (χ4v) is 2.03. The molecule has 0 saturated heterocycles. The van der Waals surface area contributed by atoms with Gasteiger partial charge in [-0.3, -0.25) is 15.2 Å². The van der Waals surface area contributed by atoms with Crippen LogP contribution in [0.3, 0.4) is 0 Å². The molecule has 0 aliphatic rings. The van der Waals surface area contributed by atoms with E-state index in [0.29, 0.717) is 21.2 Å². The van der Waals surface area contributed by atoms with E-state index in [1.54, 1.807) is 12.1 Å². The summed E-state index contributed by atoms with van der Waals surface area (Å²) in [5, 5.41) is 9.56. The Balaban J connectivity index is 2.11. The monoisotopic (exact) mass is 266 g/mol. The summed E-state index contributed by atoms with van der Waals surface area (Å²) < 4.78 is 0.527. The third kappa shape index (κ3) is 2.96. The van der Waals surface area contributed by atoms with Crippen molar-refractivity contribution < 1.29 is 4.79 Å². The molecule has 1 aromatic heterocycles. The molecule has 0 fully saturated rings. The number of amides is 1. The van der Waals surface area contributed by atoms with Crippen molar-refractivity contribution in [2.75, 3.05) is 5.32 Å². The second-order valence-corrected chi connectivity index (χ2v) is 4.94. The van der Waals surface area contributed by atoms with Crippen molar-refractivity contribution in [1.82, 2.24) is 10.2 Å². The van der Waals surface area contributed by atoms with Gasteiger partial charge < -0.3 is 5.73 Å². The Kier molecular flexibility index (Phi) is 3.62. The lowest BCUT2D eigenvalue weighted by atomic mass is 10.1. The zero-order valence-corrected chi connectivity index (χ0v) is 10.4. The van der Waals surface area contributed by atoms with E-state index in [1.807, 2.05) is 12.1 Å². The molecule has 5 nitrogen and oxygen atoms in total. The summed E-state index contributed by atoms with van der Waals surface area (Å²) in [6, 6.07) is 7.09. The highest BCUT2D eigenvalue weighted by Gasteiger charge is 2.07. The molecule has 4 N–H and O–H groups in total. The molecule has 0 atom stereocenters. The van der Waals surface area contributed by atoms with E-state index in [-0.39, 0.29) is 5.91 Å². The number of carbonyl (C=O) groups is 1. The number of aromatic amines is 1. The molecule has 1 amide bonds. The summed E-state index contributed by atoms with van der Waals surface area (Å²) in [7, 11) is 0. The van der Waals surface area contributed by atoms with Crippen molar-refractivity contribution >= 4 is 34.6 Å². The molecule has 17 heavy (non-hydrogen) atoms. The molecule has 1 heterocycles. The lowest BCUT2D eigenvalue weighted by Gasteiger charge is -2.02. The molecule has 0 aliphatic heterocycles. The maximum atomic E-state index is 11.8. The summed E-state index contributed by atoms with van der Waals surface area (Å²) in [5.74, 6) is -0.216. The fraction of sp³-hybridized carbons (Fsp3) is 0.100. The van der Waals surface area contributed by atoms with Crippen LogP contribution in [0.2, 0.25) is 0 Å². The largest absolute Gasteiger partial charge is 0.326 e. The lowest BCUT2D eigenvalue weighted by Crippen LogP contribution is -2.11. The molecule has 0 aliphatic carbocycles. The summed E-state index contributed by atoms with van der Waals surface area (Å²) in [4.78, 5) is 11.8. The van der Waals surface area contributed by atoms with Crippen LogP contribution in [0, 0.1) is 3.95 Å². The molecule has 0 saturated carbocycles. The highest BCUT2D eigenvalue weighted by atomic mass is 32.1.